The van der Waals surface area contributed by atoms with Crippen molar-refractivity contribution in [1.29, 1.82) is 0 Å². The first-order chi connectivity index (χ1) is 9.60. The van der Waals surface area contributed by atoms with Crippen LogP contribution in [0.1, 0.15) is 18.4 Å². The summed E-state index contributed by atoms with van der Waals surface area (Å²) >= 11 is 0. The number of hydrogen-bond acceptors (Lipinski definition) is 4. The van der Waals surface area contributed by atoms with Crippen molar-refractivity contribution in [2.75, 3.05) is 20.7 Å². The summed E-state index contributed by atoms with van der Waals surface area (Å²) in [7, 11) is 3.67. The molecule has 1 aromatic rings. The van der Waals surface area contributed by atoms with E-state index in [1.807, 2.05) is 31.3 Å². The second-order valence-corrected chi connectivity index (χ2v) is 5.17. The first kappa shape index (κ1) is 14.8. The van der Waals surface area contributed by atoms with Gasteiger partial charge in [0, 0.05) is 18.7 Å². The van der Waals surface area contributed by atoms with Gasteiger partial charge < -0.3 is 14.6 Å². The molecule has 1 aliphatic rings. The van der Waals surface area contributed by atoms with E-state index in [9.17, 15) is 4.79 Å². The van der Waals surface area contributed by atoms with Crippen LogP contribution in [-0.2, 0) is 16.1 Å². The van der Waals surface area contributed by atoms with E-state index < -0.39 is 12.1 Å². The average molecular weight is 279 g/mol. The first-order valence-electron chi connectivity index (χ1n) is 6.79. The zero-order chi connectivity index (χ0) is 14.5. The van der Waals surface area contributed by atoms with Crippen LogP contribution in [-0.4, -0.2) is 48.9 Å². The number of ether oxygens (including phenoxy) is 2. The average Bonchev–Trinajstić information content (AvgIpc) is 2.88. The van der Waals surface area contributed by atoms with Crippen LogP contribution in [0.2, 0.25) is 0 Å². The maximum Gasteiger partial charge on any atom is 0.332 e. The Morgan fingerprint density at radius 1 is 1.45 bits per heavy atom. The molecule has 20 heavy (non-hydrogen) atoms. The first-order valence-corrected chi connectivity index (χ1v) is 6.79. The summed E-state index contributed by atoms with van der Waals surface area (Å²) in [5.41, 5.74) is 1.12. The Hall–Kier alpha value is -1.59. The van der Waals surface area contributed by atoms with Gasteiger partial charge in [0.25, 0.3) is 0 Å². The van der Waals surface area contributed by atoms with E-state index in [1.54, 1.807) is 7.11 Å². The van der Waals surface area contributed by atoms with Crippen LogP contribution in [0.15, 0.2) is 24.3 Å². The highest BCUT2D eigenvalue weighted by molar-refractivity contribution is 5.72. The second kappa shape index (κ2) is 6.72. The third kappa shape index (κ3) is 3.71. The lowest BCUT2D eigenvalue weighted by molar-refractivity contribution is -0.149. The van der Waals surface area contributed by atoms with Crippen LogP contribution < -0.4 is 4.74 Å². The number of carboxylic acids is 1. The Morgan fingerprint density at radius 2 is 2.20 bits per heavy atom. The van der Waals surface area contributed by atoms with Crippen molar-refractivity contribution in [3.05, 3.63) is 29.8 Å². The summed E-state index contributed by atoms with van der Waals surface area (Å²) in [4.78, 5) is 13.0. The van der Waals surface area contributed by atoms with Gasteiger partial charge in [-0.1, -0.05) is 18.2 Å². The Bertz CT molecular complexity index is 463. The highest BCUT2D eigenvalue weighted by Crippen LogP contribution is 2.22. The van der Waals surface area contributed by atoms with Crippen LogP contribution in [0.4, 0.5) is 0 Å². The number of carboxylic acid groups (broad SMARTS) is 1. The smallest absolute Gasteiger partial charge is 0.332 e. The molecular formula is C15H21NO4. The number of aliphatic carboxylic acids is 1. The largest absolute Gasteiger partial charge is 0.496 e. The molecular weight excluding hydrogens is 258 g/mol. The molecule has 0 aromatic heterocycles. The van der Waals surface area contributed by atoms with Crippen LogP contribution in [0.5, 0.6) is 5.75 Å². The molecule has 2 atom stereocenters. The molecule has 1 aliphatic heterocycles. The van der Waals surface area contributed by atoms with Gasteiger partial charge in [0.05, 0.1) is 13.2 Å². The van der Waals surface area contributed by atoms with E-state index in [-0.39, 0.29) is 6.10 Å². The van der Waals surface area contributed by atoms with Crippen molar-refractivity contribution < 1.29 is 19.4 Å². The van der Waals surface area contributed by atoms with Gasteiger partial charge in [0.2, 0.25) is 0 Å². The van der Waals surface area contributed by atoms with Gasteiger partial charge in [0.15, 0.2) is 6.10 Å². The highest BCUT2D eigenvalue weighted by atomic mass is 16.5. The van der Waals surface area contributed by atoms with Crippen molar-refractivity contribution in [1.82, 2.24) is 4.90 Å². The van der Waals surface area contributed by atoms with Gasteiger partial charge in [-0.3, -0.25) is 4.90 Å². The number of carbonyl (C=O) groups is 1. The fourth-order valence-corrected chi connectivity index (χ4v) is 2.56. The Morgan fingerprint density at radius 3 is 2.85 bits per heavy atom. The summed E-state index contributed by atoms with van der Waals surface area (Å²) in [6.45, 7) is 1.48. The quantitative estimate of drug-likeness (QED) is 0.860. The highest BCUT2D eigenvalue weighted by Gasteiger charge is 2.30. The molecule has 2 unspecified atom stereocenters. The molecule has 0 radical (unpaired) electrons. The van der Waals surface area contributed by atoms with Crippen LogP contribution in [0, 0.1) is 0 Å². The normalized spacial score (nSPS) is 22.1. The van der Waals surface area contributed by atoms with Gasteiger partial charge >= 0.3 is 5.97 Å². The molecule has 1 aromatic carbocycles. The minimum atomic E-state index is -0.861. The molecule has 5 heteroatoms. The van der Waals surface area contributed by atoms with Crippen molar-refractivity contribution in [3.8, 4) is 5.75 Å². The molecule has 110 valence electrons. The van der Waals surface area contributed by atoms with Gasteiger partial charge in [-0.05, 0) is 26.0 Å². The van der Waals surface area contributed by atoms with Crippen molar-refractivity contribution >= 4 is 5.97 Å². The molecule has 5 nitrogen and oxygen atoms in total. The van der Waals surface area contributed by atoms with Gasteiger partial charge in [-0.15, -0.1) is 0 Å². The lowest BCUT2D eigenvalue weighted by Gasteiger charge is -2.21. The zero-order valence-electron chi connectivity index (χ0n) is 11.9. The van der Waals surface area contributed by atoms with Gasteiger partial charge in [-0.2, -0.15) is 0 Å². The Kier molecular flexibility index (Phi) is 4.98. The lowest BCUT2D eigenvalue weighted by Crippen LogP contribution is -2.30. The molecule has 1 heterocycles. The van der Waals surface area contributed by atoms with Crippen LogP contribution >= 0.6 is 0 Å². The van der Waals surface area contributed by atoms with E-state index in [0.717, 1.165) is 30.8 Å². The maximum atomic E-state index is 10.9. The summed E-state index contributed by atoms with van der Waals surface area (Å²) in [6.07, 6.45) is 0.755. The molecule has 2 rings (SSSR count). The lowest BCUT2D eigenvalue weighted by atomic mass is 10.1. The number of para-hydroxylation sites is 1. The maximum absolute atomic E-state index is 10.9. The topological polar surface area (TPSA) is 59.0 Å². The molecule has 0 aliphatic carbocycles. The van der Waals surface area contributed by atoms with Gasteiger partial charge in [0.1, 0.15) is 5.75 Å². The monoisotopic (exact) mass is 279 g/mol. The number of nitrogens with zero attached hydrogens (tertiary/aromatic N) is 1. The standard InChI is InChI=1S/C15H21NO4/c1-16(9-11-5-3-4-6-13(11)19-2)10-12-7-8-14(20-12)15(17)18/h3-6,12,14H,7-10H2,1-2H3,(H,17,18). The predicted molar refractivity (Wildman–Crippen MR) is 74.9 cm³/mol. The fraction of sp³-hybridized carbons (Fsp3) is 0.533. The van der Waals surface area contributed by atoms with E-state index >= 15 is 0 Å². The predicted octanol–water partition coefficient (Wildman–Crippen LogP) is 1.76. The van der Waals surface area contributed by atoms with E-state index in [1.165, 1.54) is 0 Å². The van der Waals surface area contributed by atoms with Crippen LogP contribution in [0.3, 0.4) is 0 Å². The number of likely N-dealkylation sites (N-methyl/N-ethyl adjacent to an activating group) is 1. The summed E-state index contributed by atoms with van der Waals surface area (Å²) < 4.78 is 10.8. The van der Waals surface area contributed by atoms with E-state index in [0.29, 0.717) is 6.42 Å². The Labute approximate surface area is 119 Å². The van der Waals surface area contributed by atoms with Crippen LogP contribution in [0.25, 0.3) is 0 Å². The van der Waals surface area contributed by atoms with E-state index in [4.69, 9.17) is 14.6 Å². The third-order valence-corrected chi connectivity index (χ3v) is 3.53. The minimum Gasteiger partial charge on any atom is -0.496 e. The molecule has 0 bridgehead atoms. The molecule has 1 N–H and O–H groups in total. The number of rotatable bonds is 6. The second-order valence-electron chi connectivity index (χ2n) is 5.17. The van der Waals surface area contributed by atoms with Gasteiger partial charge in [-0.25, -0.2) is 4.79 Å². The molecule has 1 saturated heterocycles. The van der Waals surface area contributed by atoms with E-state index in [2.05, 4.69) is 4.90 Å². The number of benzene rings is 1. The third-order valence-electron chi connectivity index (χ3n) is 3.53. The molecule has 1 fully saturated rings. The fourth-order valence-electron chi connectivity index (χ4n) is 2.56. The number of methoxy groups -OCH3 is 1. The van der Waals surface area contributed by atoms with Crippen molar-refractivity contribution in [2.45, 2.75) is 31.6 Å². The number of hydrogen-bond donors (Lipinski definition) is 1. The van der Waals surface area contributed by atoms with Crippen molar-refractivity contribution in [2.24, 2.45) is 0 Å². The summed E-state index contributed by atoms with van der Waals surface area (Å²) in [5, 5.41) is 8.91. The molecule has 0 spiro atoms. The zero-order valence-corrected chi connectivity index (χ0v) is 11.9. The molecule has 0 amide bonds. The molecule has 0 saturated carbocycles. The van der Waals surface area contributed by atoms with Crippen molar-refractivity contribution in [3.63, 3.8) is 0 Å². The summed E-state index contributed by atoms with van der Waals surface area (Å²) in [5.74, 6) is 0.00924. The summed E-state index contributed by atoms with van der Waals surface area (Å²) in [6, 6.07) is 7.90. The SMILES string of the molecule is COc1ccccc1CN(C)CC1CCC(C(=O)O)O1. The Balaban J connectivity index is 1.87. The minimum absolute atomic E-state index is 0.00388.